The summed E-state index contributed by atoms with van der Waals surface area (Å²) in [5.74, 6) is 0.908. The molecule has 0 spiro atoms. The fourth-order valence-corrected chi connectivity index (χ4v) is 3.22. The Morgan fingerprint density at radius 2 is 2.16 bits per heavy atom. The molecule has 1 aliphatic rings. The summed E-state index contributed by atoms with van der Waals surface area (Å²) in [5.41, 5.74) is 1.19. The van der Waals surface area contributed by atoms with Crippen molar-refractivity contribution in [3.8, 4) is 0 Å². The average Bonchev–Trinajstić information content (AvgIpc) is 3.08. The van der Waals surface area contributed by atoms with Crippen molar-refractivity contribution in [2.75, 3.05) is 18.0 Å². The zero-order valence-electron chi connectivity index (χ0n) is 12.6. The number of nitrogens with one attached hydrogen (secondary N) is 1. The van der Waals surface area contributed by atoms with Gasteiger partial charge >= 0.3 is 0 Å². The van der Waals surface area contributed by atoms with Gasteiger partial charge in [-0.3, -0.25) is 0 Å². The highest BCUT2D eigenvalue weighted by atomic mass is 32.1. The summed E-state index contributed by atoms with van der Waals surface area (Å²) in [7, 11) is 0. The molecule has 108 valence electrons. The first-order chi connectivity index (χ1) is 9.11. The lowest BCUT2D eigenvalue weighted by Crippen LogP contribution is -2.32. The molecule has 1 saturated carbocycles. The maximum absolute atomic E-state index is 4.85. The fraction of sp³-hybridized carbons (Fsp3) is 0.800. The van der Waals surface area contributed by atoms with Crippen molar-refractivity contribution in [1.82, 2.24) is 10.3 Å². The molecule has 0 radical (unpaired) electrons. The molecular weight excluding hydrogens is 254 g/mol. The van der Waals surface area contributed by atoms with E-state index < -0.39 is 0 Å². The minimum atomic E-state index is 0.361. The molecule has 0 aromatic carbocycles. The van der Waals surface area contributed by atoms with E-state index in [1.807, 2.05) is 0 Å². The number of nitrogens with zero attached hydrogens (tertiary/aromatic N) is 2. The Morgan fingerprint density at radius 1 is 1.42 bits per heavy atom. The second-order valence-corrected chi connectivity index (χ2v) is 6.76. The molecule has 1 aromatic heterocycles. The zero-order chi connectivity index (χ0) is 13.8. The van der Waals surface area contributed by atoms with Gasteiger partial charge in [0.25, 0.3) is 0 Å². The molecule has 0 aliphatic heterocycles. The van der Waals surface area contributed by atoms with Gasteiger partial charge in [-0.2, -0.15) is 0 Å². The Hall–Kier alpha value is -0.610. The van der Waals surface area contributed by atoms with Crippen LogP contribution in [-0.4, -0.2) is 24.1 Å². The number of anilines is 1. The molecule has 19 heavy (non-hydrogen) atoms. The topological polar surface area (TPSA) is 28.2 Å². The van der Waals surface area contributed by atoms with Gasteiger partial charge in [0.15, 0.2) is 5.13 Å². The summed E-state index contributed by atoms with van der Waals surface area (Å²) < 4.78 is 0. The van der Waals surface area contributed by atoms with E-state index in [0.29, 0.717) is 12.1 Å². The average molecular weight is 281 g/mol. The highest BCUT2D eigenvalue weighted by Gasteiger charge is 2.27. The summed E-state index contributed by atoms with van der Waals surface area (Å²) in [5, 5.41) is 6.92. The van der Waals surface area contributed by atoms with Crippen LogP contribution in [0.2, 0.25) is 0 Å². The molecule has 0 amide bonds. The van der Waals surface area contributed by atoms with Gasteiger partial charge in [-0.1, -0.05) is 6.92 Å². The molecular formula is C15H27N3S. The van der Waals surface area contributed by atoms with E-state index in [9.17, 15) is 0 Å². The molecule has 1 fully saturated rings. The first kappa shape index (κ1) is 14.8. The third-order valence-corrected chi connectivity index (χ3v) is 4.57. The summed E-state index contributed by atoms with van der Waals surface area (Å²) >= 11 is 1.79. The largest absolute Gasteiger partial charge is 0.345 e. The van der Waals surface area contributed by atoms with Gasteiger partial charge in [0.2, 0.25) is 0 Å². The van der Waals surface area contributed by atoms with Gasteiger partial charge in [0.05, 0.1) is 5.69 Å². The molecule has 1 unspecified atom stereocenters. The molecule has 4 heteroatoms. The van der Waals surface area contributed by atoms with Gasteiger partial charge < -0.3 is 10.2 Å². The predicted molar refractivity (Wildman–Crippen MR) is 84.0 cm³/mol. The number of hydrogen-bond acceptors (Lipinski definition) is 4. The molecule has 1 heterocycles. The Balaban J connectivity index is 2.00. The quantitative estimate of drug-likeness (QED) is 0.785. The van der Waals surface area contributed by atoms with Gasteiger partial charge in [-0.05, 0) is 52.5 Å². The molecule has 0 bridgehead atoms. The first-order valence-electron chi connectivity index (χ1n) is 7.57. The maximum atomic E-state index is 4.85. The molecule has 1 aromatic rings. The van der Waals surface area contributed by atoms with Crippen LogP contribution < -0.4 is 10.2 Å². The van der Waals surface area contributed by atoms with Crippen LogP contribution in [0.3, 0.4) is 0 Å². The normalized spacial score (nSPS) is 16.9. The predicted octanol–water partition coefficient (Wildman–Crippen LogP) is 3.83. The monoisotopic (exact) mass is 281 g/mol. The van der Waals surface area contributed by atoms with E-state index in [2.05, 4.69) is 43.3 Å². The Labute approximate surface area is 121 Å². The third-order valence-electron chi connectivity index (χ3n) is 3.67. The van der Waals surface area contributed by atoms with E-state index >= 15 is 0 Å². The lowest BCUT2D eigenvalue weighted by molar-refractivity contribution is 0.559. The molecule has 3 nitrogen and oxygen atoms in total. The van der Waals surface area contributed by atoms with Crippen LogP contribution in [0.15, 0.2) is 5.38 Å². The standard InChI is InChI=1S/C15H27N3S/c1-5-8-16-12(4)14-10-19-15(17-14)18(11(2)3)9-13-6-7-13/h10-13,16H,5-9H2,1-4H3. The Kier molecular flexibility index (Phi) is 5.22. The van der Waals surface area contributed by atoms with Crippen LogP contribution in [0.4, 0.5) is 5.13 Å². The number of aromatic nitrogens is 1. The van der Waals surface area contributed by atoms with Crippen LogP contribution in [0.1, 0.15) is 58.7 Å². The van der Waals surface area contributed by atoms with Gasteiger partial charge in [0.1, 0.15) is 0 Å². The van der Waals surface area contributed by atoms with Crippen LogP contribution >= 0.6 is 11.3 Å². The van der Waals surface area contributed by atoms with Crippen molar-refractivity contribution in [3.05, 3.63) is 11.1 Å². The number of hydrogen-bond donors (Lipinski definition) is 1. The summed E-state index contributed by atoms with van der Waals surface area (Å²) in [6.07, 6.45) is 3.97. The van der Waals surface area contributed by atoms with E-state index in [0.717, 1.165) is 12.5 Å². The SMILES string of the molecule is CCCNC(C)c1csc(N(CC2CC2)C(C)C)n1. The second-order valence-electron chi connectivity index (χ2n) is 5.92. The zero-order valence-corrected chi connectivity index (χ0v) is 13.5. The van der Waals surface area contributed by atoms with Crippen molar-refractivity contribution < 1.29 is 0 Å². The molecule has 0 saturated heterocycles. The van der Waals surface area contributed by atoms with Gasteiger partial charge in [-0.15, -0.1) is 11.3 Å². The van der Waals surface area contributed by atoms with Crippen molar-refractivity contribution in [2.24, 2.45) is 5.92 Å². The minimum Gasteiger partial charge on any atom is -0.345 e. The third kappa shape index (κ3) is 4.18. The first-order valence-corrected chi connectivity index (χ1v) is 8.45. The maximum Gasteiger partial charge on any atom is 0.185 e. The van der Waals surface area contributed by atoms with Gasteiger partial charge in [0, 0.05) is 24.0 Å². The molecule has 1 N–H and O–H groups in total. The van der Waals surface area contributed by atoms with Crippen LogP contribution in [-0.2, 0) is 0 Å². The summed E-state index contributed by atoms with van der Waals surface area (Å²) in [6.45, 7) is 11.2. The van der Waals surface area contributed by atoms with Crippen molar-refractivity contribution in [2.45, 2.75) is 59.0 Å². The van der Waals surface area contributed by atoms with Crippen molar-refractivity contribution in [3.63, 3.8) is 0 Å². The highest BCUT2D eigenvalue weighted by Crippen LogP contribution is 2.33. The molecule has 1 atom stereocenters. The smallest absolute Gasteiger partial charge is 0.185 e. The van der Waals surface area contributed by atoms with Crippen LogP contribution in [0, 0.1) is 5.92 Å². The van der Waals surface area contributed by atoms with E-state index in [4.69, 9.17) is 4.98 Å². The van der Waals surface area contributed by atoms with Crippen LogP contribution in [0.25, 0.3) is 0 Å². The number of thiazole rings is 1. The Morgan fingerprint density at radius 3 is 2.74 bits per heavy atom. The van der Waals surface area contributed by atoms with Crippen LogP contribution in [0.5, 0.6) is 0 Å². The number of rotatable bonds is 8. The fourth-order valence-electron chi connectivity index (χ4n) is 2.16. The summed E-state index contributed by atoms with van der Waals surface area (Å²) in [6, 6.07) is 0.901. The Bertz CT molecular complexity index is 384. The molecule has 1 aliphatic carbocycles. The lowest BCUT2D eigenvalue weighted by atomic mass is 10.2. The summed E-state index contributed by atoms with van der Waals surface area (Å²) in [4.78, 5) is 7.32. The van der Waals surface area contributed by atoms with E-state index in [1.165, 1.54) is 36.6 Å². The van der Waals surface area contributed by atoms with Crippen molar-refractivity contribution in [1.29, 1.82) is 0 Å². The van der Waals surface area contributed by atoms with E-state index in [1.54, 1.807) is 11.3 Å². The minimum absolute atomic E-state index is 0.361. The highest BCUT2D eigenvalue weighted by molar-refractivity contribution is 7.13. The lowest BCUT2D eigenvalue weighted by Gasteiger charge is -2.26. The van der Waals surface area contributed by atoms with Crippen molar-refractivity contribution >= 4 is 16.5 Å². The van der Waals surface area contributed by atoms with Gasteiger partial charge in [-0.25, -0.2) is 4.98 Å². The second kappa shape index (κ2) is 6.71. The molecule has 2 rings (SSSR count). The van der Waals surface area contributed by atoms with E-state index in [-0.39, 0.29) is 0 Å².